The number of ether oxygens (including phenoxy) is 1. The molecule has 2 heterocycles. The van der Waals surface area contributed by atoms with Crippen molar-refractivity contribution in [1.82, 2.24) is 15.2 Å². The molecular formula is C26H26N4O3. The zero-order valence-electron chi connectivity index (χ0n) is 18.5. The van der Waals surface area contributed by atoms with Gasteiger partial charge in [0.2, 0.25) is 0 Å². The van der Waals surface area contributed by atoms with Gasteiger partial charge in [0.25, 0.3) is 11.8 Å². The van der Waals surface area contributed by atoms with Gasteiger partial charge in [-0.3, -0.25) is 9.59 Å². The number of nitrogens with one attached hydrogen (secondary N) is 2. The summed E-state index contributed by atoms with van der Waals surface area (Å²) in [5.41, 5.74) is 3.87. The van der Waals surface area contributed by atoms with E-state index in [2.05, 4.69) is 16.7 Å². The van der Waals surface area contributed by atoms with Crippen LogP contribution in [0.2, 0.25) is 0 Å². The number of nitriles is 1. The minimum absolute atomic E-state index is 0.126. The van der Waals surface area contributed by atoms with Gasteiger partial charge in [0.15, 0.2) is 0 Å². The summed E-state index contributed by atoms with van der Waals surface area (Å²) in [5.74, 6) is -0.520. The van der Waals surface area contributed by atoms with Crippen molar-refractivity contribution in [2.24, 2.45) is 0 Å². The normalized spacial score (nSPS) is 13.5. The van der Waals surface area contributed by atoms with Gasteiger partial charge in [-0.15, -0.1) is 0 Å². The first-order valence-corrected chi connectivity index (χ1v) is 11.0. The Hall–Kier alpha value is -3.89. The summed E-state index contributed by atoms with van der Waals surface area (Å²) in [6.45, 7) is 3.49. The highest BCUT2D eigenvalue weighted by Crippen LogP contribution is 2.23. The van der Waals surface area contributed by atoms with E-state index in [1.54, 1.807) is 18.2 Å². The smallest absolute Gasteiger partial charge is 0.268 e. The lowest BCUT2D eigenvalue weighted by Gasteiger charge is -2.20. The molecular weight excluding hydrogens is 416 g/mol. The molecule has 7 heteroatoms. The number of aromatic nitrogens is 1. The van der Waals surface area contributed by atoms with Crippen LogP contribution in [-0.2, 0) is 24.4 Å². The number of nitrogens with zero attached hydrogens (tertiary/aromatic N) is 2. The second-order valence-corrected chi connectivity index (χ2v) is 7.89. The molecule has 0 spiro atoms. The number of amides is 2. The van der Waals surface area contributed by atoms with Crippen molar-refractivity contribution in [3.8, 4) is 6.07 Å². The van der Waals surface area contributed by atoms with Gasteiger partial charge in [-0.05, 0) is 29.7 Å². The molecule has 0 saturated carbocycles. The molecule has 1 aliphatic rings. The van der Waals surface area contributed by atoms with Crippen LogP contribution in [0.5, 0.6) is 0 Å². The van der Waals surface area contributed by atoms with Crippen LogP contribution < -0.4 is 10.6 Å². The molecule has 2 amide bonds. The van der Waals surface area contributed by atoms with Crippen molar-refractivity contribution in [3.05, 3.63) is 94.3 Å². The van der Waals surface area contributed by atoms with Crippen LogP contribution in [0.4, 0.5) is 0 Å². The Labute approximate surface area is 193 Å². The summed E-state index contributed by atoms with van der Waals surface area (Å²) >= 11 is 0. The van der Waals surface area contributed by atoms with E-state index in [-0.39, 0.29) is 31.0 Å². The predicted octanol–water partition coefficient (Wildman–Crippen LogP) is 3.70. The van der Waals surface area contributed by atoms with Crippen molar-refractivity contribution in [3.63, 3.8) is 0 Å². The van der Waals surface area contributed by atoms with Crippen LogP contribution in [0.1, 0.15) is 62.6 Å². The van der Waals surface area contributed by atoms with E-state index in [0.717, 1.165) is 17.5 Å². The molecule has 2 N–H and O–H groups in total. The van der Waals surface area contributed by atoms with Gasteiger partial charge in [0.1, 0.15) is 5.69 Å². The van der Waals surface area contributed by atoms with Crippen LogP contribution in [0, 0.1) is 11.3 Å². The molecule has 7 nitrogen and oxygen atoms in total. The lowest BCUT2D eigenvalue weighted by molar-refractivity contribution is 0.0776. The molecule has 1 atom stereocenters. The molecule has 0 radical (unpaired) electrons. The van der Waals surface area contributed by atoms with E-state index in [1.807, 2.05) is 54.0 Å². The average Bonchev–Trinajstić information content (AvgIpc) is 3.26. The van der Waals surface area contributed by atoms with E-state index in [1.165, 1.54) is 0 Å². The van der Waals surface area contributed by atoms with Gasteiger partial charge < -0.3 is 19.9 Å². The Kier molecular flexibility index (Phi) is 6.86. The summed E-state index contributed by atoms with van der Waals surface area (Å²) in [5, 5.41) is 15.3. The zero-order valence-corrected chi connectivity index (χ0v) is 18.5. The maximum Gasteiger partial charge on any atom is 0.268 e. The van der Waals surface area contributed by atoms with Gasteiger partial charge in [0, 0.05) is 13.1 Å². The van der Waals surface area contributed by atoms with Gasteiger partial charge >= 0.3 is 0 Å². The Morgan fingerprint density at radius 1 is 1.12 bits per heavy atom. The van der Waals surface area contributed by atoms with E-state index >= 15 is 0 Å². The molecule has 2 aromatic carbocycles. The third kappa shape index (κ3) is 4.81. The first kappa shape index (κ1) is 22.3. The van der Waals surface area contributed by atoms with Crippen molar-refractivity contribution < 1.29 is 14.3 Å². The van der Waals surface area contributed by atoms with Crippen molar-refractivity contribution in [1.29, 1.82) is 5.26 Å². The van der Waals surface area contributed by atoms with Crippen LogP contribution in [0.15, 0.2) is 60.7 Å². The Morgan fingerprint density at radius 3 is 2.64 bits per heavy atom. The lowest BCUT2D eigenvalue weighted by Crippen LogP contribution is -2.30. The van der Waals surface area contributed by atoms with Gasteiger partial charge in [0.05, 0.1) is 42.1 Å². The lowest BCUT2D eigenvalue weighted by atomic mass is 10.0. The highest BCUT2D eigenvalue weighted by Gasteiger charge is 2.27. The molecule has 0 saturated heterocycles. The molecule has 168 valence electrons. The highest BCUT2D eigenvalue weighted by molar-refractivity contribution is 6.00. The van der Waals surface area contributed by atoms with Crippen molar-refractivity contribution in [2.75, 3.05) is 6.61 Å². The second-order valence-electron chi connectivity index (χ2n) is 7.89. The third-order valence-corrected chi connectivity index (χ3v) is 5.88. The van der Waals surface area contributed by atoms with Gasteiger partial charge in [-0.1, -0.05) is 55.5 Å². The molecule has 0 bridgehead atoms. The summed E-state index contributed by atoms with van der Waals surface area (Å²) in [7, 11) is 0. The fourth-order valence-electron chi connectivity index (χ4n) is 4.10. The molecule has 1 aromatic heterocycles. The summed E-state index contributed by atoms with van der Waals surface area (Å²) in [6, 6.07) is 20.6. The number of carbonyl (C=O) groups is 2. The third-order valence-electron chi connectivity index (χ3n) is 5.88. The minimum atomic E-state index is -0.292. The number of benzene rings is 2. The maximum absolute atomic E-state index is 13.2. The largest absolute Gasteiger partial charge is 0.373 e. The van der Waals surface area contributed by atoms with Gasteiger partial charge in [-0.2, -0.15) is 5.26 Å². The first-order valence-electron chi connectivity index (χ1n) is 11.0. The Bertz CT molecular complexity index is 1190. The molecule has 3 aromatic rings. The SMILES string of the molecule is CCC(NC(=O)c1cc(C(=O)NCc2ccccc2C#N)n2c1COCC2)c1ccccc1. The maximum atomic E-state index is 13.2. The summed E-state index contributed by atoms with van der Waals surface area (Å²) in [4.78, 5) is 26.2. The summed E-state index contributed by atoms with van der Waals surface area (Å²) < 4.78 is 7.44. The molecule has 33 heavy (non-hydrogen) atoms. The summed E-state index contributed by atoms with van der Waals surface area (Å²) in [6.07, 6.45) is 0.744. The second kappa shape index (κ2) is 10.2. The number of fused-ring (bicyclic) bond motifs is 1. The van der Waals surface area contributed by atoms with E-state index < -0.39 is 0 Å². The van der Waals surface area contributed by atoms with E-state index in [4.69, 9.17) is 4.74 Å². The van der Waals surface area contributed by atoms with Crippen LogP contribution >= 0.6 is 0 Å². The Morgan fingerprint density at radius 2 is 1.88 bits per heavy atom. The van der Waals surface area contributed by atoms with Crippen LogP contribution in [0.25, 0.3) is 0 Å². The molecule has 4 rings (SSSR count). The first-order chi connectivity index (χ1) is 16.1. The fraction of sp³-hybridized carbons (Fsp3) is 0.269. The van der Waals surface area contributed by atoms with Crippen LogP contribution in [0.3, 0.4) is 0 Å². The van der Waals surface area contributed by atoms with Crippen LogP contribution in [-0.4, -0.2) is 23.0 Å². The Balaban J connectivity index is 1.55. The highest BCUT2D eigenvalue weighted by atomic mass is 16.5. The standard InChI is InChI=1S/C26H26N4O3/c1-2-22(18-8-4-3-5-9-18)29-25(31)21-14-23(30-12-13-33-17-24(21)30)26(32)28-16-20-11-7-6-10-19(20)15-27/h3-11,14,22H,2,12-13,16-17H2,1H3,(H,28,32)(H,29,31). The quantitative estimate of drug-likeness (QED) is 0.583. The topological polar surface area (TPSA) is 96.2 Å². The number of hydrogen-bond donors (Lipinski definition) is 2. The van der Waals surface area contributed by atoms with E-state index in [9.17, 15) is 14.9 Å². The number of hydrogen-bond acceptors (Lipinski definition) is 4. The monoisotopic (exact) mass is 442 g/mol. The fourth-order valence-corrected chi connectivity index (χ4v) is 4.10. The zero-order chi connectivity index (χ0) is 23.2. The minimum Gasteiger partial charge on any atom is -0.373 e. The molecule has 0 fully saturated rings. The van der Waals surface area contributed by atoms with Crippen molar-refractivity contribution >= 4 is 11.8 Å². The average molecular weight is 443 g/mol. The van der Waals surface area contributed by atoms with Crippen molar-refractivity contribution in [2.45, 2.75) is 39.1 Å². The van der Waals surface area contributed by atoms with Gasteiger partial charge in [-0.25, -0.2) is 0 Å². The number of carbonyl (C=O) groups excluding carboxylic acids is 2. The molecule has 0 aliphatic carbocycles. The molecule has 1 unspecified atom stereocenters. The number of rotatable bonds is 7. The van der Waals surface area contributed by atoms with E-state index in [0.29, 0.717) is 35.7 Å². The molecule has 1 aliphatic heterocycles. The predicted molar refractivity (Wildman–Crippen MR) is 123 cm³/mol.